The summed E-state index contributed by atoms with van der Waals surface area (Å²) in [6.07, 6.45) is 4.30. The van der Waals surface area contributed by atoms with Crippen molar-refractivity contribution in [2.24, 2.45) is 11.8 Å². The van der Waals surface area contributed by atoms with E-state index in [9.17, 15) is 9.59 Å². The minimum atomic E-state index is -0.303. The molecule has 9 heteroatoms. The molecule has 2 aliphatic rings. The third-order valence-electron chi connectivity index (χ3n) is 4.99. The van der Waals surface area contributed by atoms with E-state index >= 15 is 0 Å². The van der Waals surface area contributed by atoms with Gasteiger partial charge in [0.2, 0.25) is 0 Å². The molecule has 4 rings (SSSR count). The van der Waals surface area contributed by atoms with E-state index in [2.05, 4.69) is 19.8 Å². The Labute approximate surface area is 167 Å². The lowest BCUT2D eigenvalue weighted by atomic mass is 10.0. The Bertz CT molecular complexity index is 910. The lowest BCUT2D eigenvalue weighted by molar-refractivity contribution is -0.140. The van der Waals surface area contributed by atoms with Crippen LogP contribution in [0.4, 0.5) is 0 Å². The van der Waals surface area contributed by atoms with Crippen molar-refractivity contribution in [2.75, 3.05) is 7.11 Å². The molecule has 0 amide bonds. The minimum absolute atomic E-state index is 0.0315. The summed E-state index contributed by atoms with van der Waals surface area (Å²) in [6.45, 7) is 5.45. The summed E-state index contributed by atoms with van der Waals surface area (Å²) in [5.41, 5.74) is 1.27. The summed E-state index contributed by atoms with van der Waals surface area (Å²) in [5, 5.41) is 4.25. The van der Waals surface area contributed by atoms with Crippen LogP contribution in [0.15, 0.2) is 17.1 Å². The number of aromatic nitrogens is 4. The van der Waals surface area contributed by atoms with Gasteiger partial charge in [-0.1, -0.05) is 18.5 Å². The SMILES string of the molecule is CCC(=O)OC.Cc1cc(C)nc(Oc2cnn(C3C4CCC43)c(=O)c2Cl)n1. The molecule has 0 aromatic carbocycles. The van der Waals surface area contributed by atoms with Crippen molar-refractivity contribution in [3.05, 3.63) is 39.0 Å². The van der Waals surface area contributed by atoms with E-state index < -0.39 is 0 Å². The third-order valence-corrected chi connectivity index (χ3v) is 5.34. The van der Waals surface area contributed by atoms with Crippen LogP contribution in [0.1, 0.15) is 43.6 Å². The number of methoxy groups -OCH3 is 1. The highest BCUT2D eigenvalue weighted by molar-refractivity contribution is 6.31. The van der Waals surface area contributed by atoms with Crippen molar-refractivity contribution in [3.63, 3.8) is 0 Å². The molecule has 150 valence electrons. The average Bonchev–Trinajstić information content (AvgIpc) is 3.17. The van der Waals surface area contributed by atoms with Crippen LogP contribution < -0.4 is 10.3 Å². The predicted molar refractivity (Wildman–Crippen MR) is 103 cm³/mol. The molecule has 8 nitrogen and oxygen atoms in total. The van der Waals surface area contributed by atoms with Crippen LogP contribution >= 0.6 is 11.6 Å². The first-order valence-electron chi connectivity index (χ1n) is 9.20. The van der Waals surface area contributed by atoms with Gasteiger partial charge < -0.3 is 9.47 Å². The van der Waals surface area contributed by atoms with E-state index in [4.69, 9.17) is 16.3 Å². The van der Waals surface area contributed by atoms with Crippen molar-refractivity contribution in [1.82, 2.24) is 19.7 Å². The first-order chi connectivity index (χ1) is 13.3. The Morgan fingerprint density at radius 2 is 1.86 bits per heavy atom. The summed E-state index contributed by atoms with van der Waals surface area (Å²) in [5.74, 6) is 1.25. The summed E-state index contributed by atoms with van der Waals surface area (Å²) in [6, 6.07) is 2.23. The smallest absolute Gasteiger partial charge is 0.322 e. The van der Waals surface area contributed by atoms with Crippen molar-refractivity contribution < 1.29 is 14.3 Å². The minimum Gasteiger partial charge on any atom is -0.469 e. The van der Waals surface area contributed by atoms with E-state index in [1.54, 1.807) is 6.92 Å². The van der Waals surface area contributed by atoms with Gasteiger partial charge in [0.25, 0.3) is 5.56 Å². The Balaban J connectivity index is 0.000000330. The molecule has 2 fully saturated rings. The molecule has 2 unspecified atom stereocenters. The molecule has 0 bridgehead atoms. The average molecular weight is 407 g/mol. The zero-order valence-electron chi connectivity index (χ0n) is 16.3. The van der Waals surface area contributed by atoms with Gasteiger partial charge in [0, 0.05) is 17.8 Å². The number of carbonyl (C=O) groups is 1. The number of aryl methyl sites for hydroxylation is 2. The second-order valence-electron chi connectivity index (χ2n) is 6.93. The number of halogens is 1. The number of ether oxygens (including phenoxy) is 2. The van der Waals surface area contributed by atoms with Gasteiger partial charge in [-0.25, -0.2) is 14.6 Å². The van der Waals surface area contributed by atoms with Crippen molar-refractivity contribution in [2.45, 2.75) is 46.1 Å². The van der Waals surface area contributed by atoms with E-state index in [1.807, 2.05) is 19.9 Å². The maximum atomic E-state index is 12.4. The molecular formula is C19H23ClN4O4. The third kappa shape index (κ3) is 4.16. The van der Waals surface area contributed by atoms with E-state index in [0.717, 1.165) is 11.4 Å². The van der Waals surface area contributed by atoms with Crippen LogP contribution in [0, 0.1) is 25.7 Å². The highest BCUT2D eigenvalue weighted by Gasteiger charge is 2.58. The zero-order chi connectivity index (χ0) is 20.4. The maximum absolute atomic E-state index is 12.4. The van der Waals surface area contributed by atoms with Crippen LogP contribution in [0.5, 0.6) is 11.8 Å². The lowest BCUT2D eigenvalue weighted by Gasteiger charge is -2.08. The van der Waals surface area contributed by atoms with Crippen molar-refractivity contribution in [3.8, 4) is 11.8 Å². The number of hydrogen-bond donors (Lipinski definition) is 0. The first kappa shape index (κ1) is 20.3. The first-order valence-corrected chi connectivity index (χ1v) is 9.57. The number of fused-ring (bicyclic) bond motifs is 1. The van der Waals surface area contributed by atoms with Gasteiger partial charge >= 0.3 is 12.0 Å². The normalized spacial score (nSPS) is 21.5. The van der Waals surface area contributed by atoms with Gasteiger partial charge in [0.1, 0.15) is 0 Å². The van der Waals surface area contributed by atoms with Gasteiger partial charge in [-0.15, -0.1) is 0 Å². The topological polar surface area (TPSA) is 96.2 Å². The molecular weight excluding hydrogens is 384 g/mol. The number of carbonyl (C=O) groups excluding carboxylic acids is 1. The fourth-order valence-electron chi connectivity index (χ4n) is 3.38. The highest BCUT2D eigenvalue weighted by atomic mass is 35.5. The van der Waals surface area contributed by atoms with Gasteiger partial charge in [0.05, 0.1) is 19.3 Å². The number of rotatable bonds is 4. The largest absolute Gasteiger partial charge is 0.469 e. The molecule has 0 spiro atoms. The monoisotopic (exact) mass is 406 g/mol. The molecule has 0 saturated heterocycles. The molecule has 0 aliphatic heterocycles. The molecule has 2 aromatic rings. The van der Waals surface area contributed by atoms with Crippen LogP contribution in [0.3, 0.4) is 0 Å². The van der Waals surface area contributed by atoms with Crippen LogP contribution in [-0.4, -0.2) is 32.8 Å². The summed E-state index contributed by atoms with van der Waals surface area (Å²) >= 11 is 6.16. The van der Waals surface area contributed by atoms with Crippen LogP contribution in [-0.2, 0) is 9.53 Å². The van der Waals surface area contributed by atoms with Crippen LogP contribution in [0.25, 0.3) is 0 Å². The maximum Gasteiger partial charge on any atom is 0.322 e. The lowest BCUT2D eigenvalue weighted by Crippen LogP contribution is -2.23. The van der Waals surface area contributed by atoms with Gasteiger partial charge in [-0.05, 0) is 44.6 Å². The fraction of sp³-hybridized carbons (Fsp3) is 0.526. The quantitative estimate of drug-likeness (QED) is 0.719. The van der Waals surface area contributed by atoms with Gasteiger partial charge in [-0.3, -0.25) is 9.59 Å². The Morgan fingerprint density at radius 3 is 2.32 bits per heavy atom. The van der Waals surface area contributed by atoms with Crippen LogP contribution in [0.2, 0.25) is 5.02 Å². The van der Waals surface area contributed by atoms with Gasteiger partial charge in [0.15, 0.2) is 10.8 Å². The fourth-order valence-corrected chi connectivity index (χ4v) is 3.55. The van der Waals surface area contributed by atoms with E-state index in [1.165, 1.54) is 30.8 Å². The number of nitrogens with zero attached hydrogens (tertiary/aromatic N) is 4. The second kappa shape index (κ2) is 8.26. The Morgan fingerprint density at radius 1 is 1.25 bits per heavy atom. The number of esters is 1. The molecule has 2 aliphatic carbocycles. The summed E-state index contributed by atoms with van der Waals surface area (Å²) < 4.78 is 11.3. The highest BCUT2D eigenvalue weighted by Crippen LogP contribution is 2.63. The number of hydrogen-bond acceptors (Lipinski definition) is 7. The molecule has 0 radical (unpaired) electrons. The predicted octanol–water partition coefficient (Wildman–Crippen LogP) is 3.25. The second-order valence-corrected chi connectivity index (χ2v) is 7.31. The molecule has 28 heavy (non-hydrogen) atoms. The van der Waals surface area contributed by atoms with Gasteiger partial charge in [-0.2, -0.15) is 5.10 Å². The summed E-state index contributed by atoms with van der Waals surface area (Å²) in [7, 11) is 1.38. The standard InChI is InChI=1S/C15H15ClN4O2.C4H8O2/c1-7-5-8(2)19-15(18-7)22-11-6-17-20(14(21)12(11)16)13-9-3-4-10(9)13;1-3-4(5)6-2/h5-6,9-10,13H,3-4H2,1-2H3;3H2,1-2H3. The van der Waals surface area contributed by atoms with E-state index in [-0.39, 0.29) is 34.4 Å². The Hall–Kier alpha value is -2.48. The molecule has 2 atom stereocenters. The van der Waals surface area contributed by atoms with Crippen molar-refractivity contribution >= 4 is 17.6 Å². The molecule has 2 heterocycles. The molecule has 2 aromatic heterocycles. The Kier molecular flexibility index (Phi) is 5.98. The van der Waals surface area contributed by atoms with Crippen molar-refractivity contribution in [1.29, 1.82) is 0 Å². The summed E-state index contributed by atoms with van der Waals surface area (Å²) in [4.78, 5) is 30.7. The molecule has 2 saturated carbocycles. The van der Waals surface area contributed by atoms with E-state index in [0.29, 0.717) is 18.3 Å². The molecule has 0 N–H and O–H groups in total. The zero-order valence-corrected chi connectivity index (χ0v) is 17.1.